The molecule has 2 heterocycles. The molecule has 0 saturated carbocycles. The van der Waals surface area contributed by atoms with Crippen LogP contribution in [0.5, 0.6) is 5.75 Å². The lowest BCUT2D eigenvalue weighted by Crippen LogP contribution is -2.00. The van der Waals surface area contributed by atoms with Crippen LogP contribution in [-0.4, -0.2) is 17.8 Å². The van der Waals surface area contributed by atoms with Crippen LogP contribution in [0.2, 0.25) is 0 Å². The molecule has 0 spiro atoms. The number of para-hydroxylation sites is 1. The molecule has 0 radical (unpaired) electrons. The molecule has 148 valence electrons. The van der Waals surface area contributed by atoms with Crippen LogP contribution in [0.15, 0.2) is 69.6 Å². The van der Waals surface area contributed by atoms with Gasteiger partial charge in [0.2, 0.25) is 0 Å². The van der Waals surface area contributed by atoms with Crippen molar-refractivity contribution in [2.45, 2.75) is 6.92 Å². The fourth-order valence-corrected chi connectivity index (χ4v) is 4.42. The monoisotopic (exact) mass is 476 g/mol. The molecule has 0 aliphatic carbocycles. The summed E-state index contributed by atoms with van der Waals surface area (Å²) in [7, 11) is 0. The van der Waals surface area contributed by atoms with E-state index in [1.54, 1.807) is 6.21 Å². The molecule has 5 nitrogen and oxygen atoms in total. The number of rotatable bonds is 6. The molecule has 1 N–H and O–H groups in total. The maximum absolute atomic E-state index is 9.88. The summed E-state index contributed by atoms with van der Waals surface area (Å²) in [6, 6.07) is 19.8. The summed E-state index contributed by atoms with van der Waals surface area (Å²) in [5, 5.41) is 17.1. The number of pyridine rings is 1. The second kappa shape index (κ2) is 9.08. The van der Waals surface area contributed by atoms with Crippen LogP contribution >= 0.6 is 27.3 Å². The zero-order valence-corrected chi connectivity index (χ0v) is 18.5. The van der Waals surface area contributed by atoms with Crippen molar-refractivity contribution >= 4 is 49.4 Å². The fourth-order valence-electron chi connectivity index (χ4n) is 3.11. The Morgan fingerprint density at radius 3 is 2.90 bits per heavy atom. The molecular weight excluding hydrogens is 460 g/mol. The zero-order chi connectivity index (χ0) is 20.9. The predicted molar refractivity (Wildman–Crippen MR) is 126 cm³/mol. The Kier molecular flexibility index (Phi) is 6.07. The van der Waals surface area contributed by atoms with E-state index in [9.17, 15) is 5.26 Å². The number of nitriles is 1. The Balaban J connectivity index is 1.80. The van der Waals surface area contributed by atoms with Crippen molar-refractivity contribution in [2.24, 2.45) is 5.10 Å². The van der Waals surface area contributed by atoms with Gasteiger partial charge in [-0.1, -0.05) is 40.2 Å². The number of thiophene rings is 1. The Labute approximate surface area is 186 Å². The first kappa shape index (κ1) is 20.1. The van der Waals surface area contributed by atoms with Crippen LogP contribution < -0.4 is 10.2 Å². The third-order valence-corrected chi connectivity index (χ3v) is 5.82. The smallest absolute Gasteiger partial charge is 0.155 e. The number of halogens is 1. The van der Waals surface area contributed by atoms with Gasteiger partial charge < -0.3 is 4.74 Å². The number of aromatic nitrogens is 1. The average molecular weight is 477 g/mol. The summed E-state index contributed by atoms with van der Waals surface area (Å²) in [5.41, 5.74) is 5.91. The molecule has 0 atom stereocenters. The van der Waals surface area contributed by atoms with Gasteiger partial charge in [-0.15, -0.1) is 11.3 Å². The van der Waals surface area contributed by atoms with Crippen LogP contribution in [-0.2, 0) is 0 Å². The molecule has 2 aromatic heterocycles. The van der Waals surface area contributed by atoms with Gasteiger partial charge in [-0.05, 0) is 48.2 Å². The van der Waals surface area contributed by atoms with Gasteiger partial charge in [0.15, 0.2) is 5.82 Å². The first-order valence-electron chi connectivity index (χ1n) is 9.29. The Morgan fingerprint density at radius 1 is 1.23 bits per heavy atom. The van der Waals surface area contributed by atoms with E-state index >= 15 is 0 Å². The fraction of sp³-hybridized carbons (Fsp3) is 0.0870. The molecule has 0 saturated heterocycles. The molecule has 2 aromatic carbocycles. The molecule has 0 unspecified atom stereocenters. The van der Waals surface area contributed by atoms with E-state index in [0.717, 1.165) is 25.7 Å². The van der Waals surface area contributed by atoms with Gasteiger partial charge >= 0.3 is 0 Å². The normalized spacial score (nSPS) is 11.0. The van der Waals surface area contributed by atoms with Gasteiger partial charge in [0, 0.05) is 15.4 Å². The van der Waals surface area contributed by atoms with Crippen molar-refractivity contribution in [1.29, 1.82) is 5.26 Å². The van der Waals surface area contributed by atoms with Gasteiger partial charge in [-0.2, -0.15) is 10.4 Å². The van der Waals surface area contributed by atoms with Crippen LogP contribution in [0.4, 0.5) is 5.82 Å². The Hall–Kier alpha value is -3.21. The predicted octanol–water partition coefficient (Wildman–Crippen LogP) is 6.44. The highest BCUT2D eigenvalue weighted by atomic mass is 79.9. The van der Waals surface area contributed by atoms with E-state index in [4.69, 9.17) is 9.72 Å². The molecule has 0 bridgehead atoms. The van der Waals surface area contributed by atoms with Crippen molar-refractivity contribution in [3.63, 3.8) is 0 Å². The summed E-state index contributed by atoms with van der Waals surface area (Å²) in [6.07, 6.45) is 1.73. The van der Waals surface area contributed by atoms with Crippen molar-refractivity contribution in [3.8, 4) is 23.1 Å². The second-order valence-corrected chi connectivity index (χ2v) is 8.15. The topological polar surface area (TPSA) is 70.3 Å². The second-order valence-electron chi connectivity index (χ2n) is 6.31. The SMILES string of the molecule is CCOc1ccccc1-c1nc(NN=Cc2cccc(Br)c2)c2ccsc2c1C#N. The number of benzene rings is 2. The van der Waals surface area contributed by atoms with Crippen molar-refractivity contribution in [3.05, 3.63) is 75.6 Å². The lowest BCUT2D eigenvalue weighted by atomic mass is 10.0. The minimum absolute atomic E-state index is 0.530. The largest absolute Gasteiger partial charge is 0.493 e. The molecule has 30 heavy (non-hydrogen) atoms. The number of hydrogen-bond acceptors (Lipinski definition) is 6. The highest BCUT2D eigenvalue weighted by Crippen LogP contribution is 2.38. The molecule has 0 amide bonds. The highest BCUT2D eigenvalue weighted by molar-refractivity contribution is 9.10. The maximum atomic E-state index is 9.88. The summed E-state index contributed by atoms with van der Waals surface area (Å²) in [4.78, 5) is 4.78. The first-order chi connectivity index (χ1) is 14.7. The van der Waals surface area contributed by atoms with E-state index in [2.05, 4.69) is 32.5 Å². The quantitative estimate of drug-likeness (QED) is 0.256. The number of nitrogens with zero attached hydrogens (tertiary/aromatic N) is 3. The molecule has 4 aromatic rings. The van der Waals surface area contributed by atoms with Crippen molar-refractivity contribution < 1.29 is 4.74 Å². The number of hydrogen-bond donors (Lipinski definition) is 1. The van der Waals surface area contributed by atoms with Gasteiger partial charge in [-0.3, -0.25) is 5.43 Å². The van der Waals surface area contributed by atoms with E-state index in [1.165, 1.54) is 11.3 Å². The van der Waals surface area contributed by atoms with Crippen LogP contribution in [0.25, 0.3) is 21.3 Å². The summed E-state index contributed by atoms with van der Waals surface area (Å²) in [5.74, 6) is 1.29. The lowest BCUT2D eigenvalue weighted by molar-refractivity contribution is 0.341. The number of hydrazone groups is 1. The van der Waals surface area contributed by atoms with Crippen LogP contribution in [0.3, 0.4) is 0 Å². The third kappa shape index (κ3) is 4.06. The maximum Gasteiger partial charge on any atom is 0.155 e. The van der Waals surface area contributed by atoms with Crippen molar-refractivity contribution in [1.82, 2.24) is 4.98 Å². The standard InChI is InChI=1S/C23H17BrN4OS/c1-2-29-20-9-4-3-8-17(20)21-19(13-25)22-18(10-11-30-22)23(27-21)28-26-14-15-6-5-7-16(24)12-15/h3-12,14H,2H2,1H3,(H,27,28). The van der Waals surface area contributed by atoms with Gasteiger partial charge in [0.05, 0.1) is 28.8 Å². The average Bonchev–Trinajstić information content (AvgIpc) is 3.24. The van der Waals surface area contributed by atoms with Crippen LogP contribution in [0, 0.1) is 11.3 Å². The van der Waals surface area contributed by atoms with Crippen LogP contribution in [0.1, 0.15) is 18.1 Å². The molecular formula is C23H17BrN4OS. The highest BCUT2D eigenvalue weighted by Gasteiger charge is 2.19. The third-order valence-electron chi connectivity index (χ3n) is 4.39. The molecule has 0 aliphatic rings. The molecule has 7 heteroatoms. The Bertz CT molecular complexity index is 1280. The Morgan fingerprint density at radius 2 is 2.10 bits per heavy atom. The van der Waals surface area contributed by atoms with E-state index < -0.39 is 0 Å². The number of anilines is 1. The molecule has 0 fully saturated rings. The van der Waals surface area contributed by atoms with E-state index in [0.29, 0.717) is 29.4 Å². The molecule has 0 aliphatic heterocycles. The first-order valence-corrected chi connectivity index (χ1v) is 11.0. The summed E-state index contributed by atoms with van der Waals surface area (Å²) < 4.78 is 7.63. The zero-order valence-electron chi connectivity index (χ0n) is 16.1. The van der Waals surface area contributed by atoms with E-state index in [1.807, 2.05) is 66.9 Å². The van der Waals surface area contributed by atoms with Crippen molar-refractivity contribution in [2.75, 3.05) is 12.0 Å². The number of fused-ring (bicyclic) bond motifs is 1. The molecule has 4 rings (SSSR count). The van der Waals surface area contributed by atoms with Gasteiger partial charge in [0.1, 0.15) is 11.8 Å². The number of nitrogens with one attached hydrogen (secondary N) is 1. The number of ether oxygens (including phenoxy) is 1. The summed E-state index contributed by atoms with van der Waals surface area (Å²) >= 11 is 4.97. The van der Waals surface area contributed by atoms with Gasteiger partial charge in [0.25, 0.3) is 0 Å². The van der Waals surface area contributed by atoms with Gasteiger partial charge in [-0.25, -0.2) is 4.98 Å². The minimum atomic E-state index is 0.530. The van der Waals surface area contributed by atoms with E-state index in [-0.39, 0.29) is 0 Å². The lowest BCUT2D eigenvalue weighted by Gasteiger charge is -2.13. The summed E-state index contributed by atoms with van der Waals surface area (Å²) in [6.45, 7) is 2.46. The minimum Gasteiger partial charge on any atom is -0.493 e.